The number of nitrogens with zero attached hydrogens (tertiary/aromatic N) is 1. The number of hydrogen-bond acceptors (Lipinski definition) is 3. The number of fused-ring (bicyclic) bond motifs is 1. The van der Waals surface area contributed by atoms with E-state index in [-0.39, 0.29) is 18.0 Å². The predicted octanol–water partition coefficient (Wildman–Crippen LogP) is 3.59. The first kappa shape index (κ1) is 18.2. The summed E-state index contributed by atoms with van der Waals surface area (Å²) in [5.74, 6) is 0.0814. The van der Waals surface area contributed by atoms with Gasteiger partial charge in [-0.05, 0) is 56.4 Å². The van der Waals surface area contributed by atoms with Crippen LogP contribution in [0.4, 0.5) is 4.79 Å². The number of aromatic nitrogens is 1. The fourth-order valence-corrected chi connectivity index (χ4v) is 4.15. The monoisotopic (exact) mass is 389 g/mol. The van der Waals surface area contributed by atoms with Crippen molar-refractivity contribution >= 4 is 34.5 Å². The van der Waals surface area contributed by atoms with Crippen LogP contribution in [0.3, 0.4) is 0 Å². The fraction of sp³-hybridized carbons (Fsp3) is 0.500. The zero-order valence-corrected chi connectivity index (χ0v) is 16.1. The van der Waals surface area contributed by atoms with Crippen LogP contribution in [0, 0.1) is 0 Å². The van der Waals surface area contributed by atoms with Gasteiger partial charge in [-0.1, -0.05) is 11.6 Å². The number of H-pyrrole nitrogens is 1. The normalized spacial score (nSPS) is 19.1. The molecule has 2 aromatic rings. The van der Waals surface area contributed by atoms with Crippen molar-refractivity contribution in [3.05, 3.63) is 35.0 Å². The van der Waals surface area contributed by atoms with Crippen molar-refractivity contribution in [2.24, 2.45) is 0 Å². The van der Waals surface area contributed by atoms with E-state index in [0.29, 0.717) is 24.7 Å². The first-order valence-corrected chi connectivity index (χ1v) is 9.91. The summed E-state index contributed by atoms with van der Waals surface area (Å²) in [6.45, 7) is 3.41. The summed E-state index contributed by atoms with van der Waals surface area (Å²) in [4.78, 5) is 29.8. The molecule has 0 spiro atoms. The van der Waals surface area contributed by atoms with Crippen molar-refractivity contribution in [3.63, 3.8) is 0 Å². The van der Waals surface area contributed by atoms with Crippen LogP contribution in [0.15, 0.2) is 24.4 Å². The second-order valence-electron chi connectivity index (χ2n) is 7.41. The van der Waals surface area contributed by atoms with Crippen LogP contribution in [0.5, 0.6) is 0 Å². The molecule has 1 aromatic carbocycles. The lowest BCUT2D eigenvalue weighted by atomic mass is 9.93. The van der Waals surface area contributed by atoms with Gasteiger partial charge in [0.25, 0.3) is 0 Å². The van der Waals surface area contributed by atoms with E-state index in [2.05, 4.69) is 10.3 Å². The molecule has 0 unspecified atom stereocenters. The van der Waals surface area contributed by atoms with E-state index < -0.39 is 5.41 Å². The number of aromatic amines is 1. The van der Waals surface area contributed by atoms with Crippen LogP contribution in [0.1, 0.15) is 38.2 Å². The smallest absolute Gasteiger partial charge is 0.409 e. The lowest BCUT2D eigenvalue weighted by Crippen LogP contribution is -2.49. The third-order valence-corrected chi connectivity index (χ3v) is 5.94. The Balaban J connectivity index is 1.43. The number of rotatable bonds is 4. The van der Waals surface area contributed by atoms with Crippen molar-refractivity contribution < 1.29 is 14.3 Å². The maximum Gasteiger partial charge on any atom is 0.409 e. The minimum atomic E-state index is -0.457. The molecule has 2 aliphatic rings. The number of likely N-dealkylation sites (tertiary alicyclic amines) is 1. The highest BCUT2D eigenvalue weighted by Gasteiger charge is 2.53. The number of carbonyl (C=O) groups excluding carboxylic acids is 2. The molecule has 7 heteroatoms. The van der Waals surface area contributed by atoms with Crippen LogP contribution in [-0.4, -0.2) is 47.6 Å². The maximum atomic E-state index is 13.1. The molecule has 0 atom stereocenters. The quantitative estimate of drug-likeness (QED) is 0.839. The summed E-state index contributed by atoms with van der Waals surface area (Å²) in [7, 11) is 0. The summed E-state index contributed by atoms with van der Waals surface area (Å²) in [6, 6.07) is 5.81. The molecule has 2 N–H and O–H groups in total. The first-order chi connectivity index (χ1) is 13.0. The number of benzene rings is 1. The fourth-order valence-electron chi connectivity index (χ4n) is 3.98. The van der Waals surface area contributed by atoms with Crippen LogP contribution in [0.25, 0.3) is 10.9 Å². The lowest BCUT2D eigenvalue weighted by Gasteiger charge is -2.32. The third kappa shape index (κ3) is 3.38. The topological polar surface area (TPSA) is 74.4 Å². The Kier molecular flexibility index (Phi) is 4.76. The van der Waals surface area contributed by atoms with Gasteiger partial charge in [-0.3, -0.25) is 4.79 Å². The molecule has 0 bridgehead atoms. The second kappa shape index (κ2) is 7.08. The SMILES string of the molecule is CCOC(=O)N1CCC(NC(=O)C2(c3c[nH]c4ccc(Cl)cc34)CC2)CC1. The summed E-state index contributed by atoms with van der Waals surface area (Å²) < 4.78 is 5.05. The summed E-state index contributed by atoms with van der Waals surface area (Å²) in [6.07, 6.45) is 4.87. The molecule has 144 valence electrons. The van der Waals surface area contributed by atoms with Crippen LogP contribution >= 0.6 is 11.6 Å². The maximum absolute atomic E-state index is 13.1. The molecule has 1 saturated carbocycles. The lowest BCUT2D eigenvalue weighted by molar-refractivity contribution is -0.124. The van der Waals surface area contributed by atoms with Gasteiger partial charge in [-0.25, -0.2) is 4.79 Å². The summed E-state index contributed by atoms with van der Waals surface area (Å²) >= 11 is 6.16. The van der Waals surface area contributed by atoms with Crippen LogP contribution in [0.2, 0.25) is 5.02 Å². The van der Waals surface area contributed by atoms with Crippen molar-refractivity contribution in [1.29, 1.82) is 0 Å². The molecule has 1 aliphatic carbocycles. The Morgan fingerprint density at radius 3 is 2.74 bits per heavy atom. The van der Waals surface area contributed by atoms with Crippen molar-refractivity contribution in [3.8, 4) is 0 Å². The van der Waals surface area contributed by atoms with Crippen LogP contribution < -0.4 is 5.32 Å². The highest BCUT2D eigenvalue weighted by molar-refractivity contribution is 6.31. The van der Waals surface area contributed by atoms with E-state index in [1.54, 1.807) is 11.8 Å². The van der Waals surface area contributed by atoms with E-state index in [1.165, 1.54) is 0 Å². The molecule has 1 aliphatic heterocycles. The van der Waals surface area contributed by atoms with Gasteiger partial charge in [-0.2, -0.15) is 0 Å². The van der Waals surface area contributed by atoms with E-state index >= 15 is 0 Å². The number of piperidine rings is 1. The molecule has 27 heavy (non-hydrogen) atoms. The molecular formula is C20H24ClN3O3. The van der Waals surface area contributed by atoms with Gasteiger partial charge in [0.1, 0.15) is 0 Å². The third-order valence-electron chi connectivity index (χ3n) is 5.70. The van der Waals surface area contributed by atoms with E-state index in [0.717, 1.165) is 42.1 Å². The number of halogens is 1. The Hall–Kier alpha value is -2.21. The Morgan fingerprint density at radius 1 is 1.33 bits per heavy atom. The van der Waals surface area contributed by atoms with Crippen LogP contribution in [-0.2, 0) is 14.9 Å². The Morgan fingerprint density at radius 2 is 2.07 bits per heavy atom. The average Bonchev–Trinajstić information content (AvgIpc) is 3.36. The zero-order valence-electron chi connectivity index (χ0n) is 15.4. The van der Waals surface area contributed by atoms with Gasteiger partial charge in [-0.15, -0.1) is 0 Å². The van der Waals surface area contributed by atoms with Gasteiger partial charge in [0.05, 0.1) is 12.0 Å². The molecule has 2 amide bonds. The number of amides is 2. The van der Waals surface area contributed by atoms with Crippen molar-refractivity contribution in [1.82, 2.24) is 15.2 Å². The molecule has 0 radical (unpaired) electrons. The number of hydrogen-bond donors (Lipinski definition) is 2. The van der Waals surface area contributed by atoms with Gasteiger partial charge < -0.3 is 19.9 Å². The highest BCUT2D eigenvalue weighted by Crippen LogP contribution is 2.51. The first-order valence-electron chi connectivity index (χ1n) is 9.53. The Bertz CT molecular complexity index is 866. The molecule has 2 fully saturated rings. The number of ether oxygens (including phenoxy) is 1. The van der Waals surface area contributed by atoms with Crippen molar-refractivity contribution in [2.45, 2.75) is 44.1 Å². The largest absolute Gasteiger partial charge is 0.450 e. The molecule has 6 nitrogen and oxygen atoms in total. The average molecular weight is 390 g/mol. The van der Waals surface area contributed by atoms with E-state index in [4.69, 9.17) is 16.3 Å². The molecule has 1 saturated heterocycles. The Labute approximate surface area is 163 Å². The van der Waals surface area contributed by atoms with Gasteiger partial charge >= 0.3 is 6.09 Å². The van der Waals surface area contributed by atoms with Crippen molar-refractivity contribution in [2.75, 3.05) is 19.7 Å². The minimum absolute atomic E-state index is 0.0814. The van der Waals surface area contributed by atoms with Gasteiger partial charge in [0.2, 0.25) is 5.91 Å². The van der Waals surface area contributed by atoms with Gasteiger partial charge in [0.15, 0.2) is 0 Å². The number of carbonyl (C=O) groups is 2. The van der Waals surface area contributed by atoms with E-state index in [1.807, 2.05) is 24.4 Å². The van der Waals surface area contributed by atoms with E-state index in [9.17, 15) is 9.59 Å². The summed E-state index contributed by atoms with van der Waals surface area (Å²) in [5.41, 5.74) is 1.57. The number of nitrogens with one attached hydrogen (secondary N) is 2. The molecule has 4 rings (SSSR count). The molecule has 1 aromatic heterocycles. The highest BCUT2D eigenvalue weighted by atomic mass is 35.5. The molecular weight excluding hydrogens is 366 g/mol. The summed E-state index contributed by atoms with van der Waals surface area (Å²) in [5, 5.41) is 4.91. The molecule has 2 heterocycles. The second-order valence-corrected chi connectivity index (χ2v) is 7.84. The standard InChI is InChI=1S/C20H24ClN3O3/c1-2-27-19(26)24-9-5-14(6-10-24)23-18(25)20(7-8-20)16-12-22-17-4-3-13(21)11-15(16)17/h3-4,11-12,14,22H,2,5-10H2,1H3,(H,23,25). The predicted molar refractivity (Wildman–Crippen MR) is 104 cm³/mol. The zero-order chi connectivity index (χ0) is 19.0. The van der Waals surface area contributed by atoms with Gasteiger partial charge in [0, 0.05) is 41.3 Å². The minimum Gasteiger partial charge on any atom is -0.450 e.